The molecule has 2 heterocycles. The first-order chi connectivity index (χ1) is 13.3. The molecule has 0 spiro atoms. The summed E-state index contributed by atoms with van der Waals surface area (Å²) in [5.41, 5.74) is 4.08. The van der Waals surface area contributed by atoms with E-state index in [0.29, 0.717) is 6.04 Å². The van der Waals surface area contributed by atoms with Crippen molar-refractivity contribution >= 4 is 5.69 Å². The number of aryl methyl sites for hydroxylation is 1. The molecule has 6 heteroatoms. The number of nitrogens with one attached hydrogen (secondary N) is 1. The summed E-state index contributed by atoms with van der Waals surface area (Å²) in [5, 5.41) is 12.8. The summed E-state index contributed by atoms with van der Waals surface area (Å²) in [5.74, 6) is 1.05. The second-order valence-corrected chi connectivity index (χ2v) is 9.18. The van der Waals surface area contributed by atoms with Crippen molar-refractivity contribution in [2.24, 2.45) is 0 Å². The predicted octanol–water partition coefficient (Wildman–Crippen LogP) is 2.68. The second kappa shape index (κ2) is 8.60. The van der Waals surface area contributed by atoms with E-state index in [9.17, 15) is 0 Å². The van der Waals surface area contributed by atoms with Crippen LogP contribution in [-0.4, -0.2) is 46.4 Å². The molecule has 1 aromatic carbocycles. The molecule has 154 valence electrons. The van der Waals surface area contributed by atoms with Gasteiger partial charge in [0.25, 0.3) is 0 Å². The molecule has 1 N–H and O–H groups in total. The number of benzene rings is 1. The van der Waals surface area contributed by atoms with Crippen molar-refractivity contribution in [2.45, 2.75) is 72.4 Å². The summed E-state index contributed by atoms with van der Waals surface area (Å²) >= 11 is 0. The van der Waals surface area contributed by atoms with E-state index in [0.717, 1.165) is 38.4 Å². The highest BCUT2D eigenvalue weighted by Gasteiger charge is 2.34. The number of tetrazole rings is 1. The monoisotopic (exact) mass is 385 g/mol. The van der Waals surface area contributed by atoms with Crippen molar-refractivity contribution in [3.8, 4) is 0 Å². The lowest BCUT2D eigenvalue weighted by Crippen LogP contribution is -3.15. The topological polar surface area (TPSA) is 51.3 Å². The molecule has 1 aliphatic heterocycles. The van der Waals surface area contributed by atoms with E-state index in [1.54, 1.807) is 4.90 Å². The quantitative estimate of drug-likeness (QED) is 0.831. The molecule has 1 aromatic heterocycles. The largest absolute Gasteiger partial charge is 0.360 e. The van der Waals surface area contributed by atoms with Crippen LogP contribution in [0.3, 0.4) is 0 Å². The standard InChI is InChI=1S/C22H36N6/c1-7-8-11-20(21-23-24-25-28(21)22(4,5)6)27-15-13-26(14-16-27)19-12-9-10-17(2)18(19)3/h9-10,12,20H,7-8,11,13-16H2,1-6H3/p+1/t20-/m0/s1. The molecule has 0 amide bonds. The third kappa shape index (κ3) is 4.37. The van der Waals surface area contributed by atoms with Gasteiger partial charge in [0.1, 0.15) is 6.04 Å². The van der Waals surface area contributed by atoms with Crippen LogP contribution < -0.4 is 9.80 Å². The van der Waals surface area contributed by atoms with Crippen molar-refractivity contribution in [2.75, 3.05) is 31.1 Å². The number of anilines is 1. The predicted molar refractivity (Wildman–Crippen MR) is 114 cm³/mol. The Balaban J connectivity index is 1.77. The smallest absolute Gasteiger partial charge is 0.209 e. The van der Waals surface area contributed by atoms with Gasteiger partial charge in [-0.15, -0.1) is 5.10 Å². The SMILES string of the molecule is CCCC[C@@H](c1nnnn1C(C)(C)C)[NH+]1CCN(c2cccc(C)c2C)CC1. The number of aromatic nitrogens is 4. The minimum absolute atomic E-state index is 0.0940. The molecule has 2 aromatic rings. The average Bonchev–Trinajstić information content (AvgIpc) is 3.15. The maximum absolute atomic E-state index is 4.48. The molecule has 3 rings (SSSR count). The van der Waals surface area contributed by atoms with Gasteiger partial charge >= 0.3 is 0 Å². The van der Waals surface area contributed by atoms with Crippen LogP contribution in [0.1, 0.15) is 70.0 Å². The Kier molecular flexibility index (Phi) is 6.38. The number of quaternary nitrogens is 1. The third-order valence-electron chi connectivity index (χ3n) is 6.10. The van der Waals surface area contributed by atoms with Crippen LogP contribution in [0, 0.1) is 13.8 Å². The van der Waals surface area contributed by atoms with E-state index < -0.39 is 0 Å². The van der Waals surface area contributed by atoms with Crippen molar-refractivity contribution in [1.82, 2.24) is 20.2 Å². The highest BCUT2D eigenvalue weighted by atomic mass is 15.6. The number of unbranched alkanes of at least 4 members (excludes halogenated alkanes) is 1. The Hall–Kier alpha value is -1.95. The molecule has 0 aliphatic carbocycles. The van der Waals surface area contributed by atoms with Crippen molar-refractivity contribution < 1.29 is 4.90 Å². The maximum atomic E-state index is 4.48. The highest BCUT2D eigenvalue weighted by Crippen LogP contribution is 2.24. The normalized spacial score (nSPS) is 17.1. The van der Waals surface area contributed by atoms with Gasteiger partial charge in [-0.1, -0.05) is 25.5 Å². The van der Waals surface area contributed by atoms with E-state index in [1.807, 2.05) is 4.68 Å². The van der Waals surface area contributed by atoms with E-state index in [2.05, 4.69) is 80.2 Å². The fourth-order valence-electron chi connectivity index (χ4n) is 4.27. The Morgan fingerprint density at radius 2 is 1.86 bits per heavy atom. The lowest BCUT2D eigenvalue weighted by Gasteiger charge is -2.38. The molecule has 0 bridgehead atoms. The summed E-state index contributed by atoms with van der Waals surface area (Å²) in [6.45, 7) is 17.7. The Labute approximate surface area is 169 Å². The van der Waals surface area contributed by atoms with E-state index in [1.165, 1.54) is 29.7 Å². The minimum Gasteiger partial charge on any atom is -0.360 e. The molecule has 1 aliphatic rings. The fraction of sp³-hybridized carbons (Fsp3) is 0.682. The number of rotatable bonds is 6. The van der Waals surface area contributed by atoms with Gasteiger partial charge in [0.2, 0.25) is 5.82 Å². The van der Waals surface area contributed by atoms with Gasteiger partial charge in [-0.3, -0.25) is 0 Å². The zero-order chi connectivity index (χ0) is 20.3. The molecule has 28 heavy (non-hydrogen) atoms. The van der Waals surface area contributed by atoms with Crippen LogP contribution in [-0.2, 0) is 5.54 Å². The van der Waals surface area contributed by atoms with Gasteiger partial charge in [0.15, 0.2) is 0 Å². The van der Waals surface area contributed by atoms with Gasteiger partial charge in [0.05, 0.1) is 31.7 Å². The third-order valence-corrected chi connectivity index (χ3v) is 6.10. The van der Waals surface area contributed by atoms with Crippen molar-refractivity contribution in [3.05, 3.63) is 35.2 Å². The molecule has 6 nitrogen and oxygen atoms in total. The minimum atomic E-state index is -0.0940. The number of piperazine rings is 1. The molecule has 0 saturated carbocycles. The van der Waals surface area contributed by atoms with Gasteiger partial charge in [-0.25, -0.2) is 4.68 Å². The van der Waals surface area contributed by atoms with Crippen LogP contribution in [0.25, 0.3) is 0 Å². The molecule has 0 unspecified atom stereocenters. The number of hydrogen-bond donors (Lipinski definition) is 1. The summed E-state index contributed by atoms with van der Waals surface area (Å²) in [4.78, 5) is 4.17. The van der Waals surface area contributed by atoms with Crippen molar-refractivity contribution in [1.29, 1.82) is 0 Å². The van der Waals surface area contributed by atoms with E-state index in [4.69, 9.17) is 0 Å². The van der Waals surface area contributed by atoms with Gasteiger partial charge in [0, 0.05) is 12.1 Å². The fourth-order valence-corrected chi connectivity index (χ4v) is 4.27. The summed E-state index contributed by atoms with van der Waals surface area (Å²) in [7, 11) is 0. The first kappa shape index (κ1) is 20.8. The average molecular weight is 386 g/mol. The molecule has 1 fully saturated rings. The van der Waals surface area contributed by atoms with Gasteiger partial charge < -0.3 is 9.80 Å². The summed E-state index contributed by atoms with van der Waals surface area (Å²) < 4.78 is 2.04. The molecular weight excluding hydrogens is 348 g/mol. The molecule has 1 atom stereocenters. The van der Waals surface area contributed by atoms with Gasteiger partial charge in [-0.05, 0) is 68.7 Å². The first-order valence-corrected chi connectivity index (χ1v) is 10.8. The lowest BCUT2D eigenvalue weighted by molar-refractivity contribution is -0.933. The second-order valence-electron chi connectivity index (χ2n) is 9.18. The molecule has 0 radical (unpaired) electrons. The zero-order valence-electron chi connectivity index (χ0n) is 18.5. The van der Waals surface area contributed by atoms with Crippen LogP contribution in [0.4, 0.5) is 5.69 Å². The Morgan fingerprint density at radius 1 is 1.14 bits per heavy atom. The summed E-state index contributed by atoms with van der Waals surface area (Å²) in [6, 6.07) is 7.02. The molecular formula is C22H37N6+. The lowest BCUT2D eigenvalue weighted by atomic mass is 10.0. The zero-order valence-corrected chi connectivity index (χ0v) is 18.5. The first-order valence-electron chi connectivity index (χ1n) is 10.8. The van der Waals surface area contributed by atoms with Crippen LogP contribution in [0.15, 0.2) is 18.2 Å². The van der Waals surface area contributed by atoms with Gasteiger partial charge in [-0.2, -0.15) is 0 Å². The maximum Gasteiger partial charge on any atom is 0.209 e. The van der Waals surface area contributed by atoms with Crippen LogP contribution >= 0.6 is 0 Å². The Morgan fingerprint density at radius 3 is 2.50 bits per heavy atom. The number of hydrogen-bond acceptors (Lipinski definition) is 4. The molecule has 1 saturated heterocycles. The van der Waals surface area contributed by atoms with Crippen LogP contribution in [0.5, 0.6) is 0 Å². The van der Waals surface area contributed by atoms with E-state index in [-0.39, 0.29) is 5.54 Å². The summed E-state index contributed by atoms with van der Waals surface area (Å²) in [6.07, 6.45) is 3.56. The van der Waals surface area contributed by atoms with Crippen LogP contribution in [0.2, 0.25) is 0 Å². The highest BCUT2D eigenvalue weighted by molar-refractivity contribution is 5.56. The van der Waals surface area contributed by atoms with E-state index >= 15 is 0 Å². The van der Waals surface area contributed by atoms with Crippen molar-refractivity contribution in [3.63, 3.8) is 0 Å². The Bertz CT molecular complexity index is 768. The number of nitrogens with zero attached hydrogens (tertiary/aromatic N) is 5.